The number of halogens is 1. The molecule has 1 aliphatic carbocycles. The minimum atomic E-state index is 0.285. The number of nitrogens with two attached hydrogens (primary N) is 1. The first-order chi connectivity index (χ1) is 8.08. The van der Waals surface area contributed by atoms with Gasteiger partial charge in [0, 0.05) is 19.0 Å². The van der Waals surface area contributed by atoms with Crippen LogP contribution < -0.4 is 5.73 Å². The first kappa shape index (κ1) is 13.1. The van der Waals surface area contributed by atoms with Crippen molar-refractivity contribution >= 4 is 15.9 Å². The minimum Gasteiger partial charge on any atom is -0.327 e. The molecule has 1 aliphatic rings. The third kappa shape index (κ3) is 2.58. The van der Waals surface area contributed by atoms with Gasteiger partial charge in [0.1, 0.15) is 0 Å². The summed E-state index contributed by atoms with van der Waals surface area (Å²) in [7, 11) is 0. The first-order valence-corrected chi connectivity index (χ1v) is 7.37. The van der Waals surface area contributed by atoms with Crippen LogP contribution in [0.15, 0.2) is 4.47 Å². The normalized spacial score (nSPS) is 25.0. The zero-order valence-electron chi connectivity index (χ0n) is 10.9. The Morgan fingerprint density at radius 2 is 2.18 bits per heavy atom. The van der Waals surface area contributed by atoms with Gasteiger partial charge < -0.3 is 5.73 Å². The molecule has 1 fully saturated rings. The lowest BCUT2D eigenvalue weighted by Crippen LogP contribution is -2.27. The van der Waals surface area contributed by atoms with E-state index in [4.69, 9.17) is 5.73 Å². The van der Waals surface area contributed by atoms with Crippen LogP contribution in [0.3, 0.4) is 0 Å². The number of nitrogens with zero attached hydrogens (tertiary/aromatic N) is 2. The number of hydrogen-bond acceptors (Lipinski definition) is 2. The molecule has 3 nitrogen and oxygen atoms in total. The average Bonchev–Trinajstić information content (AvgIpc) is 2.97. The van der Waals surface area contributed by atoms with Gasteiger partial charge in [-0.05, 0) is 47.5 Å². The van der Waals surface area contributed by atoms with Gasteiger partial charge in [0.2, 0.25) is 0 Å². The SMILES string of the molecule is CCc1nn(CC)c(CC(N)C2CC2C)c1Br. The summed E-state index contributed by atoms with van der Waals surface area (Å²) in [6.07, 6.45) is 3.20. The van der Waals surface area contributed by atoms with Crippen molar-refractivity contribution in [3.05, 3.63) is 15.9 Å². The van der Waals surface area contributed by atoms with E-state index in [2.05, 4.69) is 46.5 Å². The maximum Gasteiger partial charge on any atom is 0.0766 e. The molecule has 0 aliphatic heterocycles. The van der Waals surface area contributed by atoms with Crippen molar-refractivity contribution in [2.45, 2.75) is 52.6 Å². The summed E-state index contributed by atoms with van der Waals surface area (Å²) < 4.78 is 3.26. The van der Waals surface area contributed by atoms with Gasteiger partial charge in [0.15, 0.2) is 0 Å². The van der Waals surface area contributed by atoms with Gasteiger partial charge in [0.25, 0.3) is 0 Å². The lowest BCUT2D eigenvalue weighted by molar-refractivity contribution is 0.522. The quantitative estimate of drug-likeness (QED) is 0.908. The maximum atomic E-state index is 6.28. The summed E-state index contributed by atoms with van der Waals surface area (Å²) in [4.78, 5) is 0. The van der Waals surface area contributed by atoms with E-state index in [-0.39, 0.29) is 6.04 Å². The Labute approximate surface area is 112 Å². The largest absolute Gasteiger partial charge is 0.327 e. The molecule has 0 spiro atoms. The number of hydrogen-bond donors (Lipinski definition) is 1. The monoisotopic (exact) mass is 299 g/mol. The van der Waals surface area contributed by atoms with Gasteiger partial charge in [-0.1, -0.05) is 13.8 Å². The van der Waals surface area contributed by atoms with Crippen LogP contribution in [-0.4, -0.2) is 15.8 Å². The van der Waals surface area contributed by atoms with Gasteiger partial charge in [-0.2, -0.15) is 5.10 Å². The van der Waals surface area contributed by atoms with E-state index in [1.54, 1.807) is 0 Å². The van der Waals surface area contributed by atoms with Crippen molar-refractivity contribution in [2.75, 3.05) is 0 Å². The highest BCUT2D eigenvalue weighted by Crippen LogP contribution is 2.41. The number of aryl methyl sites for hydroxylation is 2. The third-order valence-electron chi connectivity index (χ3n) is 3.84. The fourth-order valence-electron chi connectivity index (χ4n) is 2.53. The van der Waals surface area contributed by atoms with E-state index in [1.165, 1.54) is 16.6 Å². The topological polar surface area (TPSA) is 43.8 Å². The summed E-state index contributed by atoms with van der Waals surface area (Å²) in [5.41, 5.74) is 8.71. The Balaban J connectivity index is 2.16. The lowest BCUT2D eigenvalue weighted by atomic mass is 10.1. The highest BCUT2D eigenvalue weighted by Gasteiger charge is 2.38. The van der Waals surface area contributed by atoms with Crippen molar-refractivity contribution in [2.24, 2.45) is 17.6 Å². The van der Waals surface area contributed by atoms with Crippen LogP contribution in [0.4, 0.5) is 0 Å². The Hall–Kier alpha value is -0.350. The molecule has 1 saturated carbocycles. The zero-order chi connectivity index (χ0) is 12.6. The van der Waals surface area contributed by atoms with Crippen LogP contribution in [0.5, 0.6) is 0 Å². The Kier molecular flexibility index (Phi) is 3.93. The van der Waals surface area contributed by atoms with Crippen molar-refractivity contribution in [3.8, 4) is 0 Å². The molecule has 4 heteroatoms. The predicted octanol–water partition coefficient (Wildman–Crippen LogP) is 2.75. The van der Waals surface area contributed by atoms with E-state index in [0.717, 1.165) is 31.0 Å². The molecule has 3 unspecified atom stereocenters. The van der Waals surface area contributed by atoms with E-state index in [1.807, 2.05) is 0 Å². The van der Waals surface area contributed by atoms with Gasteiger partial charge in [0.05, 0.1) is 15.9 Å². The summed E-state index contributed by atoms with van der Waals surface area (Å²) in [6.45, 7) is 7.47. The maximum absolute atomic E-state index is 6.28. The fraction of sp³-hybridized carbons (Fsp3) is 0.769. The molecule has 2 N–H and O–H groups in total. The van der Waals surface area contributed by atoms with E-state index >= 15 is 0 Å². The van der Waals surface area contributed by atoms with Crippen LogP contribution in [-0.2, 0) is 19.4 Å². The highest BCUT2D eigenvalue weighted by molar-refractivity contribution is 9.10. The molecule has 2 rings (SSSR count). The van der Waals surface area contributed by atoms with Gasteiger partial charge in [-0.3, -0.25) is 4.68 Å². The standard InChI is InChI=1S/C13H22BrN3/c1-4-11-13(14)12(17(5-2)16-11)7-10(15)9-6-8(9)3/h8-10H,4-7,15H2,1-3H3. The van der Waals surface area contributed by atoms with Crippen molar-refractivity contribution in [3.63, 3.8) is 0 Å². The Bertz CT molecular complexity index is 400. The summed E-state index contributed by atoms with van der Waals surface area (Å²) in [6, 6.07) is 0.285. The molecule has 1 aromatic heterocycles. The molecule has 96 valence electrons. The second kappa shape index (κ2) is 5.11. The molecule has 1 heterocycles. The van der Waals surface area contributed by atoms with Crippen LogP contribution in [0.1, 0.15) is 38.6 Å². The molecule has 0 aromatic carbocycles. The van der Waals surface area contributed by atoms with Crippen LogP contribution in [0.25, 0.3) is 0 Å². The first-order valence-electron chi connectivity index (χ1n) is 6.58. The molecular formula is C13H22BrN3. The summed E-state index contributed by atoms with van der Waals surface area (Å²) >= 11 is 3.68. The lowest BCUT2D eigenvalue weighted by Gasteiger charge is -2.12. The molecule has 3 atom stereocenters. The average molecular weight is 300 g/mol. The Morgan fingerprint density at radius 3 is 2.65 bits per heavy atom. The number of rotatable bonds is 5. The smallest absolute Gasteiger partial charge is 0.0766 e. The molecule has 1 aromatic rings. The summed E-state index contributed by atoms with van der Waals surface area (Å²) in [5.74, 6) is 1.53. The van der Waals surface area contributed by atoms with Crippen molar-refractivity contribution in [1.82, 2.24) is 9.78 Å². The van der Waals surface area contributed by atoms with Crippen LogP contribution in [0, 0.1) is 11.8 Å². The fourth-order valence-corrected chi connectivity index (χ4v) is 3.26. The third-order valence-corrected chi connectivity index (χ3v) is 4.76. The molecular weight excluding hydrogens is 278 g/mol. The predicted molar refractivity (Wildman–Crippen MR) is 73.9 cm³/mol. The van der Waals surface area contributed by atoms with Crippen molar-refractivity contribution < 1.29 is 0 Å². The second-order valence-corrected chi connectivity index (χ2v) is 5.91. The summed E-state index contributed by atoms with van der Waals surface area (Å²) in [5, 5.41) is 4.61. The van der Waals surface area contributed by atoms with Crippen LogP contribution in [0.2, 0.25) is 0 Å². The van der Waals surface area contributed by atoms with E-state index in [9.17, 15) is 0 Å². The number of aromatic nitrogens is 2. The van der Waals surface area contributed by atoms with Crippen molar-refractivity contribution in [1.29, 1.82) is 0 Å². The highest BCUT2D eigenvalue weighted by atomic mass is 79.9. The molecule has 0 saturated heterocycles. The van der Waals surface area contributed by atoms with Gasteiger partial charge in [-0.25, -0.2) is 0 Å². The minimum absolute atomic E-state index is 0.285. The Morgan fingerprint density at radius 1 is 1.53 bits per heavy atom. The molecule has 0 radical (unpaired) electrons. The molecule has 0 bridgehead atoms. The van der Waals surface area contributed by atoms with E-state index in [0.29, 0.717) is 5.92 Å². The van der Waals surface area contributed by atoms with Gasteiger partial charge in [-0.15, -0.1) is 0 Å². The van der Waals surface area contributed by atoms with Crippen LogP contribution >= 0.6 is 15.9 Å². The second-order valence-electron chi connectivity index (χ2n) is 5.12. The van der Waals surface area contributed by atoms with E-state index < -0.39 is 0 Å². The zero-order valence-corrected chi connectivity index (χ0v) is 12.5. The molecule has 0 amide bonds. The molecule has 17 heavy (non-hydrogen) atoms. The van der Waals surface area contributed by atoms with Gasteiger partial charge >= 0.3 is 0 Å².